The number of rotatable bonds is 2. The van der Waals surface area contributed by atoms with Crippen LogP contribution >= 0.6 is 0 Å². The highest BCUT2D eigenvalue weighted by molar-refractivity contribution is 5.94. The maximum absolute atomic E-state index is 13.7. The SMILES string of the molecule is N[C@@H]1CN(C(=O)c2ccncc2F)C[C@H]1c1ccccc1. The van der Waals surface area contributed by atoms with Crippen LogP contribution < -0.4 is 5.73 Å². The average Bonchev–Trinajstić information content (AvgIpc) is 2.90. The number of hydrogen-bond donors (Lipinski definition) is 1. The molecule has 1 amide bonds. The van der Waals surface area contributed by atoms with Crippen LogP contribution in [0.4, 0.5) is 4.39 Å². The van der Waals surface area contributed by atoms with E-state index in [0.717, 1.165) is 11.8 Å². The summed E-state index contributed by atoms with van der Waals surface area (Å²) < 4.78 is 13.7. The largest absolute Gasteiger partial charge is 0.336 e. The van der Waals surface area contributed by atoms with E-state index >= 15 is 0 Å². The summed E-state index contributed by atoms with van der Waals surface area (Å²) in [6, 6.07) is 11.1. The second kappa shape index (κ2) is 5.61. The van der Waals surface area contributed by atoms with Crippen LogP contribution in [0.1, 0.15) is 21.8 Å². The van der Waals surface area contributed by atoms with Gasteiger partial charge in [-0.2, -0.15) is 0 Å². The van der Waals surface area contributed by atoms with Crippen molar-refractivity contribution in [3.05, 3.63) is 65.7 Å². The number of nitrogens with two attached hydrogens (primary N) is 1. The molecular formula is C16H16FN3O. The third kappa shape index (κ3) is 2.64. The molecule has 5 heteroatoms. The number of nitrogens with zero attached hydrogens (tertiary/aromatic N) is 2. The molecule has 0 bridgehead atoms. The molecule has 0 unspecified atom stereocenters. The Morgan fingerprint density at radius 2 is 2.00 bits per heavy atom. The number of pyridine rings is 1. The molecule has 1 fully saturated rings. The molecular weight excluding hydrogens is 269 g/mol. The molecule has 0 spiro atoms. The minimum absolute atomic E-state index is 0.0471. The number of likely N-dealkylation sites (tertiary alicyclic amines) is 1. The van der Waals surface area contributed by atoms with Crippen molar-refractivity contribution < 1.29 is 9.18 Å². The molecule has 1 saturated heterocycles. The molecule has 3 rings (SSSR count). The van der Waals surface area contributed by atoms with Crippen LogP contribution in [-0.4, -0.2) is 34.9 Å². The number of amides is 1. The predicted octanol–water partition coefficient (Wildman–Crippen LogP) is 1.79. The molecule has 2 heterocycles. The van der Waals surface area contributed by atoms with Gasteiger partial charge < -0.3 is 10.6 Å². The van der Waals surface area contributed by atoms with Crippen LogP contribution in [0.5, 0.6) is 0 Å². The highest BCUT2D eigenvalue weighted by Crippen LogP contribution is 2.27. The lowest BCUT2D eigenvalue weighted by molar-refractivity contribution is 0.0784. The monoisotopic (exact) mass is 285 g/mol. The highest BCUT2D eigenvalue weighted by Gasteiger charge is 2.34. The van der Waals surface area contributed by atoms with E-state index in [9.17, 15) is 9.18 Å². The first kappa shape index (κ1) is 13.7. The third-order valence-corrected chi connectivity index (χ3v) is 3.88. The highest BCUT2D eigenvalue weighted by atomic mass is 19.1. The molecule has 108 valence electrons. The summed E-state index contributed by atoms with van der Waals surface area (Å²) >= 11 is 0. The van der Waals surface area contributed by atoms with Gasteiger partial charge in [-0.1, -0.05) is 30.3 Å². The molecule has 0 aliphatic carbocycles. The van der Waals surface area contributed by atoms with E-state index in [4.69, 9.17) is 5.73 Å². The van der Waals surface area contributed by atoms with Gasteiger partial charge in [-0.15, -0.1) is 0 Å². The normalized spacial score (nSPS) is 21.5. The molecule has 1 aliphatic rings. The van der Waals surface area contributed by atoms with Crippen molar-refractivity contribution in [1.82, 2.24) is 9.88 Å². The Hall–Kier alpha value is -2.27. The van der Waals surface area contributed by atoms with Gasteiger partial charge in [-0.3, -0.25) is 9.78 Å². The van der Waals surface area contributed by atoms with Gasteiger partial charge in [0, 0.05) is 31.2 Å². The first-order chi connectivity index (χ1) is 10.2. The van der Waals surface area contributed by atoms with E-state index in [1.165, 1.54) is 12.3 Å². The molecule has 0 radical (unpaired) electrons. The van der Waals surface area contributed by atoms with Crippen LogP contribution in [0.25, 0.3) is 0 Å². The number of carbonyl (C=O) groups is 1. The zero-order valence-electron chi connectivity index (χ0n) is 11.4. The first-order valence-electron chi connectivity index (χ1n) is 6.86. The second-order valence-corrected chi connectivity index (χ2v) is 5.25. The van der Waals surface area contributed by atoms with Gasteiger partial charge in [0.15, 0.2) is 5.82 Å². The van der Waals surface area contributed by atoms with Gasteiger partial charge >= 0.3 is 0 Å². The average molecular weight is 285 g/mol. The molecule has 1 aromatic heterocycles. The van der Waals surface area contributed by atoms with Crippen LogP contribution in [0.2, 0.25) is 0 Å². The van der Waals surface area contributed by atoms with E-state index in [1.807, 2.05) is 30.3 Å². The number of hydrogen-bond acceptors (Lipinski definition) is 3. The summed E-state index contributed by atoms with van der Waals surface area (Å²) in [5, 5.41) is 0. The van der Waals surface area contributed by atoms with E-state index < -0.39 is 5.82 Å². The molecule has 1 aromatic carbocycles. The molecule has 21 heavy (non-hydrogen) atoms. The summed E-state index contributed by atoms with van der Waals surface area (Å²) in [6.45, 7) is 0.936. The first-order valence-corrected chi connectivity index (χ1v) is 6.86. The zero-order chi connectivity index (χ0) is 14.8. The van der Waals surface area contributed by atoms with E-state index in [1.54, 1.807) is 4.90 Å². The standard InChI is InChI=1S/C16H16FN3O/c17-14-8-19-7-6-12(14)16(21)20-9-13(15(18)10-20)11-4-2-1-3-5-11/h1-8,13,15H,9-10,18H2/t13-,15+/m0/s1. The van der Waals surface area contributed by atoms with E-state index in [0.29, 0.717) is 13.1 Å². The minimum atomic E-state index is -0.598. The van der Waals surface area contributed by atoms with Gasteiger partial charge in [0.1, 0.15) is 0 Å². The maximum atomic E-state index is 13.7. The van der Waals surface area contributed by atoms with Crippen LogP contribution in [0.3, 0.4) is 0 Å². The quantitative estimate of drug-likeness (QED) is 0.915. The number of halogens is 1. The summed E-state index contributed by atoms with van der Waals surface area (Å²) in [7, 11) is 0. The fraction of sp³-hybridized carbons (Fsp3) is 0.250. The van der Waals surface area contributed by atoms with Gasteiger partial charge in [0.05, 0.1) is 11.8 Å². The lowest BCUT2D eigenvalue weighted by atomic mass is 9.95. The summed E-state index contributed by atoms with van der Waals surface area (Å²) in [5.74, 6) is -0.844. The van der Waals surface area contributed by atoms with Crippen molar-refractivity contribution >= 4 is 5.91 Å². The van der Waals surface area contributed by atoms with Crippen molar-refractivity contribution in [1.29, 1.82) is 0 Å². The number of aromatic nitrogens is 1. The molecule has 2 aromatic rings. The summed E-state index contributed by atoms with van der Waals surface area (Å²) in [4.78, 5) is 17.7. The molecule has 4 nitrogen and oxygen atoms in total. The maximum Gasteiger partial charge on any atom is 0.257 e. The lowest BCUT2D eigenvalue weighted by Gasteiger charge is -2.16. The third-order valence-electron chi connectivity index (χ3n) is 3.88. The number of benzene rings is 1. The van der Waals surface area contributed by atoms with Crippen LogP contribution in [0.15, 0.2) is 48.8 Å². The Balaban J connectivity index is 1.80. The van der Waals surface area contributed by atoms with Crippen LogP contribution in [-0.2, 0) is 0 Å². The molecule has 1 aliphatic heterocycles. The molecule has 2 atom stereocenters. The van der Waals surface area contributed by atoms with Crippen molar-refractivity contribution in [2.75, 3.05) is 13.1 Å². The Morgan fingerprint density at radius 1 is 1.24 bits per heavy atom. The Labute approximate surface area is 122 Å². The predicted molar refractivity (Wildman–Crippen MR) is 77.3 cm³/mol. The van der Waals surface area contributed by atoms with Gasteiger partial charge in [-0.25, -0.2) is 4.39 Å². The van der Waals surface area contributed by atoms with Crippen molar-refractivity contribution in [3.8, 4) is 0 Å². The van der Waals surface area contributed by atoms with E-state index in [-0.39, 0.29) is 23.4 Å². The van der Waals surface area contributed by atoms with Gasteiger partial charge in [0.2, 0.25) is 0 Å². The smallest absolute Gasteiger partial charge is 0.257 e. The Kier molecular flexibility index (Phi) is 3.66. The molecule has 0 saturated carbocycles. The fourth-order valence-corrected chi connectivity index (χ4v) is 2.77. The van der Waals surface area contributed by atoms with Crippen molar-refractivity contribution in [2.24, 2.45) is 5.73 Å². The second-order valence-electron chi connectivity index (χ2n) is 5.25. The minimum Gasteiger partial charge on any atom is -0.336 e. The summed E-state index contributed by atoms with van der Waals surface area (Å²) in [6.07, 6.45) is 2.47. The Bertz CT molecular complexity index is 647. The van der Waals surface area contributed by atoms with Crippen LogP contribution in [0, 0.1) is 5.82 Å². The van der Waals surface area contributed by atoms with E-state index in [2.05, 4.69) is 4.98 Å². The topological polar surface area (TPSA) is 59.2 Å². The van der Waals surface area contributed by atoms with Crippen molar-refractivity contribution in [3.63, 3.8) is 0 Å². The van der Waals surface area contributed by atoms with Gasteiger partial charge in [0.25, 0.3) is 5.91 Å². The van der Waals surface area contributed by atoms with Gasteiger partial charge in [-0.05, 0) is 11.6 Å². The Morgan fingerprint density at radius 3 is 2.71 bits per heavy atom. The fourth-order valence-electron chi connectivity index (χ4n) is 2.77. The lowest BCUT2D eigenvalue weighted by Crippen LogP contribution is -2.32. The summed E-state index contributed by atoms with van der Waals surface area (Å²) in [5.41, 5.74) is 7.31. The van der Waals surface area contributed by atoms with Crippen molar-refractivity contribution in [2.45, 2.75) is 12.0 Å². The molecule has 2 N–H and O–H groups in total. The number of carbonyl (C=O) groups excluding carboxylic acids is 1. The zero-order valence-corrected chi connectivity index (χ0v) is 11.4.